The molecule has 5 heteroatoms. The molecule has 2 aromatic rings. The van der Waals surface area contributed by atoms with E-state index in [2.05, 4.69) is 22.4 Å². The van der Waals surface area contributed by atoms with Gasteiger partial charge < -0.3 is 11.1 Å². The summed E-state index contributed by atoms with van der Waals surface area (Å²) in [5.74, 6) is -0.00366. The summed E-state index contributed by atoms with van der Waals surface area (Å²) in [4.78, 5) is 11.9. The number of nitrogens with one attached hydrogen (secondary N) is 2. The van der Waals surface area contributed by atoms with E-state index >= 15 is 0 Å². The predicted molar refractivity (Wildman–Crippen MR) is 74.9 cm³/mol. The van der Waals surface area contributed by atoms with Crippen molar-refractivity contribution in [3.8, 4) is 0 Å². The molecule has 0 saturated carbocycles. The van der Waals surface area contributed by atoms with Crippen LogP contribution in [-0.4, -0.2) is 22.6 Å². The van der Waals surface area contributed by atoms with Crippen LogP contribution in [0.5, 0.6) is 0 Å². The molecular weight excluding hydrogens is 240 g/mol. The van der Waals surface area contributed by atoms with Crippen LogP contribution in [0.2, 0.25) is 0 Å². The van der Waals surface area contributed by atoms with Crippen LogP contribution in [0.15, 0.2) is 30.3 Å². The molecule has 0 radical (unpaired) electrons. The summed E-state index contributed by atoms with van der Waals surface area (Å²) in [7, 11) is 0. The molecule has 0 fully saturated rings. The summed E-state index contributed by atoms with van der Waals surface area (Å²) in [6.07, 6.45) is 0. The van der Waals surface area contributed by atoms with Crippen LogP contribution in [0.25, 0.3) is 0 Å². The van der Waals surface area contributed by atoms with Crippen molar-refractivity contribution < 1.29 is 4.79 Å². The van der Waals surface area contributed by atoms with Crippen molar-refractivity contribution in [1.29, 1.82) is 0 Å². The van der Waals surface area contributed by atoms with Crippen molar-refractivity contribution in [2.75, 3.05) is 12.3 Å². The zero-order valence-electron chi connectivity index (χ0n) is 11.1. The van der Waals surface area contributed by atoms with Crippen molar-refractivity contribution in [1.82, 2.24) is 15.5 Å². The molecule has 1 heterocycles. The third-order valence-corrected chi connectivity index (χ3v) is 3.15. The molecule has 19 heavy (non-hydrogen) atoms. The number of nitrogen functional groups attached to an aromatic ring is 1. The Morgan fingerprint density at radius 1 is 1.42 bits per heavy atom. The highest BCUT2D eigenvalue weighted by molar-refractivity contribution is 5.97. The van der Waals surface area contributed by atoms with E-state index in [1.54, 1.807) is 6.92 Å². The molecule has 2 rings (SSSR count). The number of anilines is 1. The van der Waals surface area contributed by atoms with E-state index in [0.29, 0.717) is 17.9 Å². The highest BCUT2D eigenvalue weighted by Crippen LogP contribution is 2.15. The molecule has 0 bridgehead atoms. The molecule has 0 spiro atoms. The Labute approximate surface area is 112 Å². The van der Waals surface area contributed by atoms with Crippen molar-refractivity contribution in [3.63, 3.8) is 0 Å². The van der Waals surface area contributed by atoms with Crippen LogP contribution in [0.3, 0.4) is 0 Å². The van der Waals surface area contributed by atoms with E-state index in [-0.39, 0.29) is 17.5 Å². The van der Waals surface area contributed by atoms with Crippen LogP contribution in [0, 0.1) is 6.92 Å². The van der Waals surface area contributed by atoms with Gasteiger partial charge in [0.1, 0.15) is 0 Å². The van der Waals surface area contributed by atoms with Gasteiger partial charge in [-0.2, -0.15) is 5.10 Å². The highest BCUT2D eigenvalue weighted by atomic mass is 16.1. The lowest BCUT2D eigenvalue weighted by molar-refractivity contribution is 0.0947. The SMILES string of the molecule is Cc1[nH]nc(C(=O)NCC(C)c2ccccc2)c1N. The molecule has 1 aromatic carbocycles. The topological polar surface area (TPSA) is 83.8 Å². The number of aryl methyl sites for hydroxylation is 1. The monoisotopic (exact) mass is 258 g/mol. The second kappa shape index (κ2) is 5.56. The van der Waals surface area contributed by atoms with Gasteiger partial charge >= 0.3 is 0 Å². The molecule has 0 aliphatic carbocycles. The van der Waals surface area contributed by atoms with Crippen LogP contribution < -0.4 is 11.1 Å². The zero-order chi connectivity index (χ0) is 13.8. The third kappa shape index (κ3) is 2.93. The predicted octanol–water partition coefficient (Wildman–Crippen LogP) is 1.83. The van der Waals surface area contributed by atoms with Gasteiger partial charge in [-0.3, -0.25) is 9.89 Å². The average molecular weight is 258 g/mol. The second-order valence-corrected chi connectivity index (χ2v) is 4.63. The van der Waals surface area contributed by atoms with Gasteiger partial charge in [-0.15, -0.1) is 0 Å². The minimum atomic E-state index is -0.246. The van der Waals surface area contributed by atoms with Gasteiger partial charge in [-0.1, -0.05) is 37.3 Å². The van der Waals surface area contributed by atoms with Crippen LogP contribution in [-0.2, 0) is 0 Å². The second-order valence-electron chi connectivity index (χ2n) is 4.63. The van der Waals surface area contributed by atoms with E-state index in [1.807, 2.05) is 30.3 Å². The lowest BCUT2D eigenvalue weighted by Crippen LogP contribution is -2.28. The van der Waals surface area contributed by atoms with E-state index in [4.69, 9.17) is 5.73 Å². The number of nitrogens with zero attached hydrogens (tertiary/aromatic N) is 1. The van der Waals surface area contributed by atoms with Crippen LogP contribution >= 0.6 is 0 Å². The molecular formula is C14H18N4O. The largest absolute Gasteiger partial charge is 0.395 e. The van der Waals surface area contributed by atoms with Gasteiger partial charge in [0, 0.05) is 6.54 Å². The van der Waals surface area contributed by atoms with Gasteiger partial charge in [0.25, 0.3) is 5.91 Å². The quantitative estimate of drug-likeness (QED) is 0.782. The van der Waals surface area contributed by atoms with Gasteiger partial charge in [0.15, 0.2) is 5.69 Å². The number of rotatable bonds is 4. The van der Waals surface area contributed by atoms with Gasteiger partial charge in [-0.25, -0.2) is 0 Å². The number of nitrogens with two attached hydrogens (primary N) is 1. The Kier molecular flexibility index (Phi) is 3.85. The Hall–Kier alpha value is -2.30. The standard InChI is InChI=1S/C14H18N4O/c1-9(11-6-4-3-5-7-11)8-16-14(19)13-12(15)10(2)17-18-13/h3-7,9H,8,15H2,1-2H3,(H,16,19)(H,17,18). The number of amides is 1. The van der Waals surface area contributed by atoms with E-state index in [1.165, 1.54) is 5.56 Å². The molecule has 4 N–H and O–H groups in total. The Bertz CT molecular complexity index is 562. The van der Waals surface area contributed by atoms with Crippen molar-refractivity contribution >= 4 is 11.6 Å². The fraction of sp³-hybridized carbons (Fsp3) is 0.286. The van der Waals surface area contributed by atoms with Gasteiger partial charge in [0.05, 0.1) is 11.4 Å². The molecule has 1 amide bonds. The Morgan fingerprint density at radius 2 is 2.11 bits per heavy atom. The van der Waals surface area contributed by atoms with Crippen LogP contribution in [0.1, 0.15) is 34.6 Å². The van der Waals surface area contributed by atoms with Crippen LogP contribution in [0.4, 0.5) is 5.69 Å². The first-order valence-electron chi connectivity index (χ1n) is 6.23. The zero-order valence-corrected chi connectivity index (χ0v) is 11.1. The summed E-state index contributed by atoms with van der Waals surface area (Å²) >= 11 is 0. The normalized spacial score (nSPS) is 12.1. The average Bonchev–Trinajstić information content (AvgIpc) is 2.77. The van der Waals surface area contributed by atoms with Crippen molar-refractivity contribution in [3.05, 3.63) is 47.3 Å². The third-order valence-electron chi connectivity index (χ3n) is 3.15. The first-order valence-corrected chi connectivity index (χ1v) is 6.23. The number of aromatic amines is 1. The summed E-state index contributed by atoms with van der Waals surface area (Å²) < 4.78 is 0. The number of hydrogen-bond acceptors (Lipinski definition) is 3. The number of hydrogen-bond donors (Lipinski definition) is 3. The van der Waals surface area contributed by atoms with Gasteiger partial charge in [0.2, 0.25) is 0 Å². The lowest BCUT2D eigenvalue weighted by Gasteiger charge is -2.12. The fourth-order valence-corrected chi connectivity index (χ4v) is 1.84. The maximum Gasteiger partial charge on any atom is 0.273 e. The number of carbonyl (C=O) groups is 1. The summed E-state index contributed by atoms with van der Waals surface area (Å²) in [6, 6.07) is 10.0. The van der Waals surface area contributed by atoms with Gasteiger partial charge in [-0.05, 0) is 18.4 Å². The minimum Gasteiger partial charge on any atom is -0.395 e. The highest BCUT2D eigenvalue weighted by Gasteiger charge is 2.16. The number of aromatic nitrogens is 2. The Balaban J connectivity index is 1.96. The Morgan fingerprint density at radius 3 is 2.68 bits per heavy atom. The molecule has 1 unspecified atom stereocenters. The molecule has 5 nitrogen and oxygen atoms in total. The summed E-state index contributed by atoms with van der Waals surface area (Å²) in [5, 5.41) is 9.46. The summed E-state index contributed by atoms with van der Waals surface area (Å²) in [6.45, 7) is 4.40. The number of benzene rings is 1. The smallest absolute Gasteiger partial charge is 0.273 e. The molecule has 0 saturated heterocycles. The fourth-order valence-electron chi connectivity index (χ4n) is 1.84. The maximum atomic E-state index is 11.9. The van der Waals surface area contributed by atoms with Crippen molar-refractivity contribution in [2.24, 2.45) is 0 Å². The summed E-state index contributed by atoms with van der Waals surface area (Å²) in [5.41, 5.74) is 8.33. The molecule has 0 aliphatic heterocycles. The minimum absolute atomic E-state index is 0.242. The molecule has 1 atom stereocenters. The lowest BCUT2D eigenvalue weighted by atomic mass is 10.0. The molecule has 100 valence electrons. The van der Waals surface area contributed by atoms with E-state index in [9.17, 15) is 4.79 Å². The first kappa shape index (κ1) is 13.1. The first-order chi connectivity index (χ1) is 9.09. The van der Waals surface area contributed by atoms with E-state index < -0.39 is 0 Å². The molecule has 1 aromatic heterocycles. The van der Waals surface area contributed by atoms with Crippen molar-refractivity contribution in [2.45, 2.75) is 19.8 Å². The number of carbonyl (C=O) groups excluding carboxylic acids is 1. The maximum absolute atomic E-state index is 11.9. The van der Waals surface area contributed by atoms with E-state index in [0.717, 1.165) is 0 Å². The number of H-pyrrole nitrogens is 1. The molecule has 0 aliphatic rings.